The standard InChI is InChI=1S/C18H18N4O2/c1-12(23)19-9-4-10-20-18(24)13-7-8-16-17(11-13)22-15-6-3-2-5-14(15)21-16/h2-3,5-8,11H,4,9-10H2,1H3,(H,19,23)(H,20,24). The summed E-state index contributed by atoms with van der Waals surface area (Å²) in [4.78, 5) is 32.1. The number of carbonyl (C=O) groups excluding carboxylic acids is 2. The molecule has 0 aliphatic heterocycles. The number of hydrogen-bond acceptors (Lipinski definition) is 4. The summed E-state index contributed by atoms with van der Waals surface area (Å²) in [5.41, 5.74) is 3.64. The first-order valence-electron chi connectivity index (χ1n) is 7.83. The van der Waals surface area contributed by atoms with Gasteiger partial charge in [-0.1, -0.05) is 12.1 Å². The Labute approximate surface area is 139 Å². The summed E-state index contributed by atoms with van der Waals surface area (Å²) in [6.45, 7) is 2.52. The van der Waals surface area contributed by atoms with Crippen LogP contribution in [0.2, 0.25) is 0 Å². The van der Waals surface area contributed by atoms with Crippen LogP contribution in [-0.4, -0.2) is 34.9 Å². The first-order chi connectivity index (χ1) is 11.6. The molecule has 2 N–H and O–H groups in total. The number of aromatic nitrogens is 2. The molecule has 1 aromatic heterocycles. The van der Waals surface area contributed by atoms with Crippen LogP contribution in [0.3, 0.4) is 0 Å². The molecule has 0 saturated heterocycles. The van der Waals surface area contributed by atoms with E-state index in [0.29, 0.717) is 30.6 Å². The molecule has 0 aliphatic rings. The number of benzene rings is 2. The first-order valence-corrected chi connectivity index (χ1v) is 7.83. The third-order valence-electron chi connectivity index (χ3n) is 3.61. The Kier molecular flexibility index (Phi) is 4.65. The van der Waals surface area contributed by atoms with E-state index < -0.39 is 0 Å². The van der Waals surface area contributed by atoms with Crippen molar-refractivity contribution in [1.82, 2.24) is 20.6 Å². The van der Waals surface area contributed by atoms with Gasteiger partial charge in [0.1, 0.15) is 0 Å². The average Bonchev–Trinajstić information content (AvgIpc) is 2.58. The molecule has 24 heavy (non-hydrogen) atoms. The molecule has 0 unspecified atom stereocenters. The van der Waals surface area contributed by atoms with E-state index in [0.717, 1.165) is 16.6 Å². The summed E-state index contributed by atoms with van der Waals surface area (Å²) in [6.07, 6.45) is 0.684. The van der Waals surface area contributed by atoms with Crippen LogP contribution in [0, 0.1) is 0 Å². The molecule has 3 aromatic rings. The van der Waals surface area contributed by atoms with Gasteiger partial charge < -0.3 is 10.6 Å². The van der Waals surface area contributed by atoms with E-state index in [1.54, 1.807) is 18.2 Å². The zero-order valence-corrected chi connectivity index (χ0v) is 13.4. The van der Waals surface area contributed by atoms with Gasteiger partial charge in [0.25, 0.3) is 5.91 Å². The molecule has 0 radical (unpaired) electrons. The Bertz CT molecular complexity index is 908. The van der Waals surface area contributed by atoms with Crippen molar-refractivity contribution < 1.29 is 9.59 Å². The minimum absolute atomic E-state index is 0.0679. The number of carbonyl (C=O) groups is 2. The van der Waals surface area contributed by atoms with Crippen molar-refractivity contribution in [3.8, 4) is 0 Å². The van der Waals surface area contributed by atoms with Gasteiger partial charge in [-0.05, 0) is 36.8 Å². The van der Waals surface area contributed by atoms with Crippen molar-refractivity contribution in [1.29, 1.82) is 0 Å². The van der Waals surface area contributed by atoms with Crippen molar-refractivity contribution in [2.45, 2.75) is 13.3 Å². The van der Waals surface area contributed by atoms with E-state index in [-0.39, 0.29) is 11.8 Å². The molecule has 2 aromatic carbocycles. The fourth-order valence-electron chi connectivity index (χ4n) is 2.42. The van der Waals surface area contributed by atoms with Crippen molar-refractivity contribution in [2.75, 3.05) is 13.1 Å². The van der Waals surface area contributed by atoms with Crippen molar-refractivity contribution >= 4 is 33.9 Å². The Morgan fingerprint density at radius 1 is 0.875 bits per heavy atom. The second-order valence-electron chi connectivity index (χ2n) is 5.51. The van der Waals surface area contributed by atoms with Crippen LogP contribution < -0.4 is 10.6 Å². The van der Waals surface area contributed by atoms with Gasteiger partial charge in [-0.3, -0.25) is 9.59 Å². The minimum Gasteiger partial charge on any atom is -0.356 e. The quantitative estimate of drug-likeness (QED) is 0.556. The monoisotopic (exact) mass is 322 g/mol. The van der Waals surface area contributed by atoms with E-state index in [1.165, 1.54) is 6.92 Å². The van der Waals surface area contributed by atoms with Gasteiger partial charge in [-0.2, -0.15) is 0 Å². The molecule has 0 bridgehead atoms. The van der Waals surface area contributed by atoms with Gasteiger partial charge in [0.2, 0.25) is 5.91 Å². The van der Waals surface area contributed by atoms with Gasteiger partial charge in [0.15, 0.2) is 0 Å². The van der Waals surface area contributed by atoms with E-state index in [4.69, 9.17) is 0 Å². The van der Waals surface area contributed by atoms with Crippen molar-refractivity contribution in [2.24, 2.45) is 0 Å². The normalized spacial score (nSPS) is 10.7. The fraction of sp³-hybridized carbons (Fsp3) is 0.222. The van der Waals surface area contributed by atoms with Crippen LogP contribution in [0.15, 0.2) is 42.5 Å². The van der Waals surface area contributed by atoms with Crippen LogP contribution in [0.1, 0.15) is 23.7 Å². The Balaban J connectivity index is 1.71. The van der Waals surface area contributed by atoms with Gasteiger partial charge >= 0.3 is 0 Å². The van der Waals surface area contributed by atoms with Gasteiger partial charge in [0, 0.05) is 25.6 Å². The Morgan fingerprint density at radius 3 is 2.21 bits per heavy atom. The number of para-hydroxylation sites is 2. The maximum Gasteiger partial charge on any atom is 0.251 e. The second-order valence-corrected chi connectivity index (χ2v) is 5.51. The lowest BCUT2D eigenvalue weighted by Crippen LogP contribution is -2.28. The lowest BCUT2D eigenvalue weighted by molar-refractivity contribution is -0.118. The van der Waals surface area contributed by atoms with E-state index in [1.807, 2.05) is 24.3 Å². The summed E-state index contributed by atoms with van der Waals surface area (Å²) >= 11 is 0. The van der Waals surface area contributed by atoms with Crippen molar-refractivity contribution in [3.63, 3.8) is 0 Å². The molecule has 0 aliphatic carbocycles. The number of rotatable bonds is 5. The summed E-state index contributed by atoms with van der Waals surface area (Å²) in [7, 11) is 0. The second kappa shape index (κ2) is 7.04. The Morgan fingerprint density at radius 2 is 1.50 bits per heavy atom. The predicted molar refractivity (Wildman–Crippen MR) is 92.7 cm³/mol. The summed E-state index contributed by atoms with van der Waals surface area (Å²) in [5.74, 6) is -0.226. The molecule has 1 heterocycles. The topological polar surface area (TPSA) is 84.0 Å². The third kappa shape index (κ3) is 3.65. The van der Waals surface area contributed by atoms with E-state index in [9.17, 15) is 9.59 Å². The highest BCUT2D eigenvalue weighted by Crippen LogP contribution is 2.17. The number of nitrogens with zero attached hydrogens (tertiary/aromatic N) is 2. The highest BCUT2D eigenvalue weighted by atomic mass is 16.2. The fourth-order valence-corrected chi connectivity index (χ4v) is 2.42. The van der Waals surface area contributed by atoms with Gasteiger partial charge in [-0.25, -0.2) is 9.97 Å². The molecular weight excluding hydrogens is 304 g/mol. The summed E-state index contributed by atoms with van der Waals surface area (Å²) < 4.78 is 0. The molecule has 3 rings (SSSR count). The van der Waals surface area contributed by atoms with Gasteiger partial charge in [0.05, 0.1) is 22.1 Å². The minimum atomic E-state index is -0.158. The Hall–Kier alpha value is -3.02. The molecule has 6 heteroatoms. The molecule has 6 nitrogen and oxygen atoms in total. The number of hydrogen-bond donors (Lipinski definition) is 2. The number of amides is 2. The molecular formula is C18H18N4O2. The number of fused-ring (bicyclic) bond motifs is 2. The average molecular weight is 322 g/mol. The van der Waals surface area contributed by atoms with E-state index in [2.05, 4.69) is 20.6 Å². The third-order valence-corrected chi connectivity index (χ3v) is 3.61. The molecule has 122 valence electrons. The molecule has 0 spiro atoms. The highest BCUT2D eigenvalue weighted by molar-refractivity contribution is 5.98. The first kappa shape index (κ1) is 15.9. The van der Waals surface area contributed by atoms with Crippen LogP contribution in [0.5, 0.6) is 0 Å². The SMILES string of the molecule is CC(=O)NCCCNC(=O)c1ccc2nc3ccccc3nc2c1. The largest absolute Gasteiger partial charge is 0.356 e. The van der Waals surface area contributed by atoms with Crippen LogP contribution in [0.4, 0.5) is 0 Å². The van der Waals surface area contributed by atoms with Crippen LogP contribution in [-0.2, 0) is 4.79 Å². The lowest BCUT2D eigenvalue weighted by Gasteiger charge is -2.07. The highest BCUT2D eigenvalue weighted by Gasteiger charge is 2.08. The van der Waals surface area contributed by atoms with Gasteiger partial charge in [-0.15, -0.1) is 0 Å². The summed E-state index contributed by atoms with van der Waals surface area (Å²) in [5, 5.41) is 5.53. The molecule has 0 saturated carbocycles. The lowest BCUT2D eigenvalue weighted by atomic mass is 10.1. The summed E-state index contributed by atoms with van der Waals surface area (Å²) in [6, 6.07) is 12.9. The smallest absolute Gasteiger partial charge is 0.251 e. The zero-order valence-electron chi connectivity index (χ0n) is 13.4. The maximum atomic E-state index is 12.2. The molecule has 0 atom stereocenters. The maximum absolute atomic E-state index is 12.2. The predicted octanol–water partition coefficient (Wildman–Crippen LogP) is 2.04. The number of nitrogens with one attached hydrogen (secondary N) is 2. The molecule has 2 amide bonds. The van der Waals surface area contributed by atoms with Crippen LogP contribution in [0.25, 0.3) is 22.1 Å². The van der Waals surface area contributed by atoms with Crippen molar-refractivity contribution in [3.05, 3.63) is 48.0 Å². The van der Waals surface area contributed by atoms with Crippen LogP contribution >= 0.6 is 0 Å². The van der Waals surface area contributed by atoms with E-state index >= 15 is 0 Å². The zero-order chi connectivity index (χ0) is 16.9. The molecule has 0 fully saturated rings.